The first-order valence-corrected chi connectivity index (χ1v) is 10.9. The van der Waals surface area contributed by atoms with Gasteiger partial charge >= 0.3 is 0 Å². The Morgan fingerprint density at radius 3 is 2.61 bits per heavy atom. The minimum Gasteiger partial charge on any atom is -0.457 e. The van der Waals surface area contributed by atoms with E-state index in [0.717, 1.165) is 21.2 Å². The zero-order valence-electron chi connectivity index (χ0n) is 17.6. The van der Waals surface area contributed by atoms with Gasteiger partial charge in [0.25, 0.3) is 5.91 Å². The average molecular weight is 503 g/mol. The van der Waals surface area contributed by atoms with Crippen molar-refractivity contribution < 1.29 is 9.53 Å². The van der Waals surface area contributed by atoms with E-state index in [1.54, 1.807) is 30.6 Å². The third-order valence-corrected chi connectivity index (χ3v) is 5.62. The molecule has 3 N–H and O–H groups in total. The number of aromatic nitrogens is 4. The molecule has 33 heavy (non-hydrogen) atoms. The summed E-state index contributed by atoms with van der Waals surface area (Å²) in [5, 5.41) is 3.33. The number of rotatable bonds is 5. The summed E-state index contributed by atoms with van der Waals surface area (Å²) in [5.74, 6) is 1.52. The monoisotopic (exact) mass is 502 g/mol. The minimum atomic E-state index is -0.291. The van der Waals surface area contributed by atoms with Crippen molar-refractivity contribution in [1.29, 1.82) is 0 Å². The molecule has 3 heterocycles. The number of nitrogens with two attached hydrogens (primary N) is 1. The van der Waals surface area contributed by atoms with E-state index in [1.807, 2.05) is 54.1 Å². The summed E-state index contributed by atoms with van der Waals surface area (Å²) in [6.45, 7) is 0. The molecule has 0 saturated heterocycles. The lowest BCUT2D eigenvalue weighted by Crippen LogP contribution is -2.11. The van der Waals surface area contributed by atoms with Crippen molar-refractivity contribution in [3.8, 4) is 11.5 Å². The first-order valence-electron chi connectivity index (χ1n) is 10.1. The van der Waals surface area contributed by atoms with E-state index in [9.17, 15) is 4.79 Å². The van der Waals surface area contributed by atoms with Gasteiger partial charge in [0.2, 0.25) is 5.95 Å². The molecule has 5 aromatic rings. The summed E-state index contributed by atoms with van der Waals surface area (Å²) >= 11 is 3.44. The molecule has 5 rings (SSSR count). The van der Waals surface area contributed by atoms with Crippen LogP contribution in [-0.2, 0) is 7.05 Å². The van der Waals surface area contributed by atoms with Crippen LogP contribution in [0, 0.1) is 0 Å². The van der Waals surface area contributed by atoms with Gasteiger partial charge < -0.3 is 20.4 Å². The number of pyridine rings is 1. The highest BCUT2D eigenvalue weighted by molar-refractivity contribution is 9.10. The van der Waals surface area contributed by atoms with Gasteiger partial charge in [-0.05, 0) is 48.5 Å². The van der Waals surface area contributed by atoms with Gasteiger partial charge in [-0.1, -0.05) is 15.9 Å². The van der Waals surface area contributed by atoms with Crippen molar-refractivity contribution in [3.05, 3.63) is 89.4 Å². The van der Waals surface area contributed by atoms with Crippen molar-refractivity contribution in [3.63, 3.8) is 0 Å². The molecule has 0 fully saturated rings. The number of benzene rings is 2. The van der Waals surface area contributed by atoms with Crippen LogP contribution in [0.5, 0.6) is 11.5 Å². The van der Waals surface area contributed by atoms with E-state index < -0.39 is 0 Å². The Hall–Kier alpha value is -4.11. The van der Waals surface area contributed by atoms with Crippen molar-refractivity contribution in [2.24, 2.45) is 7.05 Å². The summed E-state index contributed by atoms with van der Waals surface area (Å²) in [7, 11) is 1.95. The van der Waals surface area contributed by atoms with E-state index in [2.05, 4.69) is 26.2 Å². The Labute approximate surface area is 197 Å². The van der Waals surface area contributed by atoms with Crippen LogP contribution in [0.1, 0.15) is 10.5 Å². The van der Waals surface area contributed by atoms with Crippen molar-refractivity contribution in [1.82, 2.24) is 19.1 Å². The molecule has 0 aliphatic carbocycles. The number of hydrogen-bond donors (Lipinski definition) is 2. The summed E-state index contributed by atoms with van der Waals surface area (Å²) in [6.07, 6.45) is 4.68. The lowest BCUT2D eigenvalue weighted by Gasteiger charge is -2.08. The molecule has 0 bridgehead atoms. The summed E-state index contributed by atoms with van der Waals surface area (Å²) in [5.41, 5.74) is 9.13. The smallest absolute Gasteiger partial charge is 0.280 e. The maximum Gasteiger partial charge on any atom is 0.280 e. The molecule has 0 aliphatic rings. The summed E-state index contributed by atoms with van der Waals surface area (Å²) in [6, 6.07) is 18.5. The Morgan fingerprint density at radius 2 is 1.85 bits per heavy atom. The van der Waals surface area contributed by atoms with Crippen LogP contribution in [0.25, 0.3) is 11.0 Å². The molecule has 0 amide bonds. The largest absolute Gasteiger partial charge is 0.457 e. The zero-order chi connectivity index (χ0) is 22.9. The first kappa shape index (κ1) is 20.8. The maximum absolute atomic E-state index is 12.6. The van der Waals surface area contributed by atoms with Crippen LogP contribution in [0.4, 0.5) is 17.3 Å². The predicted molar refractivity (Wildman–Crippen MR) is 131 cm³/mol. The Bertz CT molecular complexity index is 1470. The van der Waals surface area contributed by atoms with Crippen molar-refractivity contribution in [2.75, 3.05) is 11.1 Å². The molecule has 0 radical (unpaired) electrons. The number of nitrogen functional groups attached to an aromatic ring is 1. The average Bonchev–Trinajstić information content (AvgIpc) is 3.38. The standard InChI is InChI=1S/C24H19BrN6O2/c1-30-22-7-6-18(12-20(22)29-24(30)28-17-4-2-15(25)3-5-17)33-19-8-10-27-21(13-19)23(32)31-11-9-16(26)14-31/h2-14H,26H2,1H3,(H,28,29). The highest BCUT2D eigenvalue weighted by atomic mass is 79.9. The molecule has 0 spiro atoms. The fraction of sp³-hybridized carbons (Fsp3) is 0.0417. The van der Waals surface area contributed by atoms with E-state index >= 15 is 0 Å². The van der Waals surface area contributed by atoms with E-state index in [1.165, 1.54) is 10.8 Å². The number of aryl methyl sites for hydroxylation is 1. The fourth-order valence-electron chi connectivity index (χ4n) is 3.42. The third-order valence-electron chi connectivity index (χ3n) is 5.09. The van der Waals surface area contributed by atoms with Crippen molar-refractivity contribution in [2.45, 2.75) is 0 Å². The second-order valence-electron chi connectivity index (χ2n) is 7.41. The normalized spacial score (nSPS) is 11.0. The first-order chi connectivity index (χ1) is 16.0. The number of nitrogens with one attached hydrogen (secondary N) is 1. The summed E-state index contributed by atoms with van der Waals surface area (Å²) in [4.78, 5) is 21.5. The second kappa shape index (κ2) is 8.44. The van der Waals surface area contributed by atoms with Gasteiger partial charge in [0, 0.05) is 53.6 Å². The van der Waals surface area contributed by atoms with Crippen LogP contribution in [0.3, 0.4) is 0 Å². The van der Waals surface area contributed by atoms with Gasteiger partial charge in [-0.3, -0.25) is 14.3 Å². The molecule has 164 valence electrons. The molecule has 0 aliphatic heterocycles. The van der Waals surface area contributed by atoms with Crippen LogP contribution in [-0.4, -0.2) is 25.0 Å². The number of carbonyl (C=O) groups is 1. The van der Waals surface area contributed by atoms with Gasteiger partial charge in [-0.2, -0.15) is 0 Å². The Morgan fingerprint density at radius 1 is 1.06 bits per heavy atom. The number of fused-ring (bicyclic) bond motifs is 1. The SMILES string of the molecule is Cn1c(Nc2ccc(Br)cc2)nc2cc(Oc3ccnc(C(=O)n4ccc(N)c4)c3)ccc21. The molecule has 2 aromatic carbocycles. The molecule has 9 heteroatoms. The molecular weight excluding hydrogens is 484 g/mol. The molecular formula is C24H19BrN6O2. The number of carbonyl (C=O) groups excluding carboxylic acids is 1. The minimum absolute atomic E-state index is 0.253. The maximum atomic E-state index is 12.6. The molecule has 8 nitrogen and oxygen atoms in total. The third kappa shape index (κ3) is 4.31. The number of halogens is 1. The second-order valence-corrected chi connectivity index (χ2v) is 8.33. The number of hydrogen-bond acceptors (Lipinski definition) is 6. The number of ether oxygens (including phenoxy) is 1. The van der Waals surface area contributed by atoms with E-state index in [0.29, 0.717) is 23.1 Å². The molecule has 3 aromatic heterocycles. The summed E-state index contributed by atoms with van der Waals surface area (Å²) < 4.78 is 10.4. The number of imidazole rings is 1. The van der Waals surface area contributed by atoms with Crippen molar-refractivity contribution >= 4 is 50.2 Å². The Balaban J connectivity index is 1.38. The van der Waals surface area contributed by atoms with Crippen LogP contribution >= 0.6 is 15.9 Å². The highest BCUT2D eigenvalue weighted by Gasteiger charge is 2.13. The van der Waals surface area contributed by atoms with E-state index in [-0.39, 0.29) is 11.6 Å². The lowest BCUT2D eigenvalue weighted by atomic mass is 10.3. The van der Waals surface area contributed by atoms with Crippen LogP contribution in [0.15, 0.2) is 83.7 Å². The van der Waals surface area contributed by atoms with Crippen LogP contribution < -0.4 is 15.8 Å². The quantitative estimate of drug-likeness (QED) is 0.336. The molecule has 0 atom stereocenters. The van der Waals surface area contributed by atoms with Crippen LogP contribution in [0.2, 0.25) is 0 Å². The van der Waals surface area contributed by atoms with E-state index in [4.69, 9.17) is 15.5 Å². The van der Waals surface area contributed by atoms with Gasteiger partial charge in [-0.15, -0.1) is 0 Å². The van der Waals surface area contributed by atoms with Gasteiger partial charge in [0.05, 0.1) is 11.0 Å². The van der Waals surface area contributed by atoms with Gasteiger partial charge in [0.1, 0.15) is 17.2 Å². The number of nitrogens with zero attached hydrogens (tertiary/aromatic N) is 4. The highest BCUT2D eigenvalue weighted by Crippen LogP contribution is 2.28. The topological polar surface area (TPSA) is 100.0 Å². The zero-order valence-corrected chi connectivity index (χ0v) is 19.2. The lowest BCUT2D eigenvalue weighted by molar-refractivity contribution is 0.0955. The molecule has 0 saturated carbocycles. The Kier molecular flexibility index (Phi) is 5.31. The predicted octanol–water partition coefficient (Wildman–Crippen LogP) is 5.34. The van der Waals surface area contributed by atoms with Gasteiger partial charge in [0.15, 0.2) is 0 Å². The van der Waals surface area contributed by atoms with Gasteiger partial charge in [-0.25, -0.2) is 4.98 Å². The number of anilines is 3. The molecule has 0 unspecified atom stereocenters. The fourth-order valence-corrected chi connectivity index (χ4v) is 3.68.